The third-order valence-corrected chi connectivity index (χ3v) is 4.08. The number of carbonyl (C=O) groups excluding carboxylic acids is 1. The zero-order valence-electron chi connectivity index (χ0n) is 11.1. The second-order valence-electron chi connectivity index (χ2n) is 4.39. The van der Waals surface area contributed by atoms with Gasteiger partial charge in [-0.2, -0.15) is 0 Å². The maximum atomic E-state index is 12.3. The van der Waals surface area contributed by atoms with Crippen molar-refractivity contribution in [2.24, 2.45) is 0 Å². The molecule has 0 aromatic heterocycles. The summed E-state index contributed by atoms with van der Waals surface area (Å²) in [7, 11) is 0. The number of carboxylic acids is 1. The van der Waals surface area contributed by atoms with Crippen molar-refractivity contribution in [1.29, 1.82) is 0 Å². The number of nitrogens with zero attached hydrogens (tertiary/aromatic N) is 1. The smallest absolute Gasteiger partial charge is 0.336 e. The van der Waals surface area contributed by atoms with E-state index in [1.54, 1.807) is 24.3 Å². The lowest BCUT2D eigenvalue weighted by atomic mass is 10.1. The van der Waals surface area contributed by atoms with Crippen molar-refractivity contribution in [3.63, 3.8) is 0 Å². The first-order valence-electron chi connectivity index (χ1n) is 6.14. The van der Waals surface area contributed by atoms with E-state index in [-0.39, 0.29) is 17.7 Å². The topological polar surface area (TPSA) is 57.6 Å². The fourth-order valence-corrected chi connectivity index (χ4v) is 2.48. The molecule has 1 N–H and O–H groups in total. The van der Waals surface area contributed by atoms with E-state index in [0.29, 0.717) is 15.6 Å². The summed E-state index contributed by atoms with van der Waals surface area (Å²) in [6.07, 6.45) is 0. The quantitative estimate of drug-likeness (QED) is 0.819. The molecule has 1 amide bonds. The molecule has 0 fully saturated rings. The van der Waals surface area contributed by atoms with E-state index in [2.05, 4.69) is 0 Å². The molecule has 0 unspecified atom stereocenters. The van der Waals surface area contributed by atoms with Crippen molar-refractivity contribution in [3.8, 4) is 0 Å². The SMILES string of the molecule is O=C(O)c1ccccc1C(=O)N(Cl)Cc1cccc(Cl)c1Cl. The molecule has 0 spiro atoms. The molecule has 2 aromatic carbocycles. The molecular formula is C15H10Cl3NO3. The van der Waals surface area contributed by atoms with Gasteiger partial charge in [-0.25, -0.2) is 9.21 Å². The number of carboxylic acid groups (broad SMARTS) is 1. The zero-order valence-corrected chi connectivity index (χ0v) is 13.4. The minimum Gasteiger partial charge on any atom is -0.478 e. The Balaban J connectivity index is 2.27. The Kier molecular flexibility index (Phi) is 5.29. The molecule has 2 rings (SSSR count). The van der Waals surface area contributed by atoms with Gasteiger partial charge in [-0.15, -0.1) is 0 Å². The van der Waals surface area contributed by atoms with Crippen LogP contribution in [0.25, 0.3) is 0 Å². The van der Waals surface area contributed by atoms with Gasteiger partial charge in [-0.1, -0.05) is 47.5 Å². The number of rotatable bonds is 4. The number of benzene rings is 2. The molecule has 2 aromatic rings. The lowest BCUT2D eigenvalue weighted by Crippen LogP contribution is -2.23. The second-order valence-corrected chi connectivity index (χ2v) is 5.58. The molecule has 114 valence electrons. The minimum absolute atomic E-state index is 0.00292. The Hall–Kier alpha value is -1.75. The standard InChI is InChI=1S/C15H10Cl3NO3/c16-12-7-3-4-9(13(12)17)8-19(18)14(20)10-5-1-2-6-11(10)15(21)22/h1-7H,8H2,(H,21,22). The van der Waals surface area contributed by atoms with Crippen LogP contribution in [0.5, 0.6) is 0 Å². The molecule has 0 aliphatic rings. The van der Waals surface area contributed by atoms with Gasteiger partial charge in [-0.05, 0) is 23.8 Å². The Labute approximate surface area is 141 Å². The fourth-order valence-electron chi connectivity index (χ4n) is 1.88. The third kappa shape index (κ3) is 3.53. The lowest BCUT2D eigenvalue weighted by Gasteiger charge is -2.16. The first kappa shape index (κ1) is 16.6. The van der Waals surface area contributed by atoms with Crippen LogP contribution < -0.4 is 0 Å². The predicted octanol–water partition coefficient (Wildman–Crippen LogP) is 4.49. The molecule has 0 bridgehead atoms. The molecule has 7 heteroatoms. The first-order chi connectivity index (χ1) is 10.4. The Bertz CT molecular complexity index is 734. The second kappa shape index (κ2) is 7.01. The van der Waals surface area contributed by atoms with E-state index in [1.807, 2.05) is 0 Å². The minimum atomic E-state index is -1.20. The van der Waals surface area contributed by atoms with Crippen LogP contribution >= 0.6 is 35.0 Å². The van der Waals surface area contributed by atoms with Crippen LogP contribution in [0, 0.1) is 0 Å². The Morgan fingerprint density at radius 3 is 2.27 bits per heavy atom. The van der Waals surface area contributed by atoms with Crippen LogP contribution in [0.3, 0.4) is 0 Å². The molecule has 0 atom stereocenters. The molecule has 0 radical (unpaired) electrons. The molecule has 0 aliphatic heterocycles. The lowest BCUT2D eigenvalue weighted by molar-refractivity contribution is 0.0687. The fraction of sp³-hybridized carbons (Fsp3) is 0.0667. The van der Waals surface area contributed by atoms with E-state index in [1.165, 1.54) is 18.2 Å². The van der Waals surface area contributed by atoms with Gasteiger partial charge in [0.2, 0.25) is 0 Å². The van der Waals surface area contributed by atoms with Crippen molar-refractivity contribution >= 4 is 46.9 Å². The summed E-state index contributed by atoms with van der Waals surface area (Å²) in [6, 6.07) is 10.8. The summed E-state index contributed by atoms with van der Waals surface area (Å²) >= 11 is 17.9. The number of amides is 1. The number of hydrogen-bond acceptors (Lipinski definition) is 2. The third-order valence-electron chi connectivity index (χ3n) is 2.95. The summed E-state index contributed by atoms with van der Waals surface area (Å²) in [5.41, 5.74) is 0.448. The van der Waals surface area contributed by atoms with E-state index in [4.69, 9.17) is 40.1 Å². The summed E-state index contributed by atoms with van der Waals surface area (Å²) in [6.45, 7) is -0.00621. The highest BCUT2D eigenvalue weighted by Gasteiger charge is 2.21. The van der Waals surface area contributed by atoms with Crippen molar-refractivity contribution in [2.75, 3.05) is 0 Å². The Morgan fingerprint density at radius 1 is 1.00 bits per heavy atom. The first-order valence-corrected chi connectivity index (χ1v) is 7.24. The summed E-state index contributed by atoms with van der Waals surface area (Å²) in [5.74, 6) is -1.83. The van der Waals surface area contributed by atoms with Gasteiger partial charge in [0.15, 0.2) is 0 Å². The molecule has 0 saturated heterocycles. The average molecular weight is 359 g/mol. The summed E-state index contributed by atoms with van der Waals surface area (Å²) < 4.78 is 0.874. The van der Waals surface area contributed by atoms with Gasteiger partial charge >= 0.3 is 5.97 Å². The Morgan fingerprint density at radius 2 is 1.64 bits per heavy atom. The highest BCUT2D eigenvalue weighted by molar-refractivity contribution is 6.42. The van der Waals surface area contributed by atoms with E-state index in [0.717, 1.165) is 4.42 Å². The van der Waals surface area contributed by atoms with Crippen LogP contribution in [0.4, 0.5) is 0 Å². The molecular weight excluding hydrogens is 349 g/mol. The molecule has 4 nitrogen and oxygen atoms in total. The average Bonchev–Trinajstić information content (AvgIpc) is 2.51. The van der Waals surface area contributed by atoms with E-state index in [9.17, 15) is 9.59 Å². The maximum absolute atomic E-state index is 12.3. The monoisotopic (exact) mass is 357 g/mol. The van der Waals surface area contributed by atoms with Crippen molar-refractivity contribution < 1.29 is 14.7 Å². The van der Waals surface area contributed by atoms with Gasteiger partial charge in [0.1, 0.15) is 0 Å². The molecule has 0 heterocycles. The summed E-state index contributed by atoms with van der Waals surface area (Å²) in [5, 5.41) is 9.76. The molecule has 22 heavy (non-hydrogen) atoms. The number of aromatic carboxylic acids is 1. The normalized spacial score (nSPS) is 10.3. The van der Waals surface area contributed by atoms with Gasteiger partial charge in [0.05, 0.1) is 27.7 Å². The number of hydrogen-bond donors (Lipinski definition) is 1. The van der Waals surface area contributed by atoms with Crippen molar-refractivity contribution in [3.05, 3.63) is 69.2 Å². The predicted molar refractivity (Wildman–Crippen MR) is 85.6 cm³/mol. The molecule has 0 saturated carbocycles. The van der Waals surface area contributed by atoms with Gasteiger partial charge < -0.3 is 5.11 Å². The van der Waals surface area contributed by atoms with Gasteiger partial charge in [-0.3, -0.25) is 4.79 Å². The maximum Gasteiger partial charge on any atom is 0.336 e. The highest BCUT2D eigenvalue weighted by Crippen LogP contribution is 2.27. The number of carbonyl (C=O) groups is 2. The summed E-state index contributed by atoms with van der Waals surface area (Å²) in [4.78, 5) is 23.5. The van der Waals surface area contributed by atoms with E-state index >= 15 is 0 Å². The zero-order chi connectivity index (χ0) is 16.3. The van der Waals surface area contributed by atoms with Crippen LogP contribution in [0.1, 0.15) is 26.3 Å². The van der Waals surface area contributed by atoms with Gasteiger partial charge in [0, 0.05) is 11.8 Å². The number of halogens is 3. The van der Waals surface area contributed by atoms with E-state index < -0.39 is 11.9 Å². The largest absolute Gasteiger partial charge is 0.478 e. The van der Waals surface area contributed by atoms with Crippen LogP contribution in [0.15, 0.2) is 42.5 Å². The van der Waals surface area contributed by atoms with Crippen LogP contribution in [-0.4, -0.2) is 21.4 Å². The van der Waals surface area contributed by atoms with Crippen LogP contribution in [-0.2, 0) is 6.54 Å². The highest BCUT2D eigenvalue weighted by atomic mass is 35.5. The molecule has 0 aliphatic carbocycles. The van der Waals surface area contributed by atoms with Crippen molar-refractivity contribution in [2.45, 2.75) is 6.54 Å². The van der Waals surface area contributed by atoms with Crippen LogP contribution in [0.2, 0.25) is 10.0 Å². The van der Waals surface area contributed by atoms with Gasteiger partial charge in [0.25, 0.3) is 5.91 Å². The van der Waals surface area contributed by atoms with Crippen molar-refractivity contribution in [1.82, 2.24) is 4.42 Å².